The Morgan fingerprint density at radius 3 is 2.31 bits per heavy atom. The molecule has 32 heavy (non-hydrogen) atoms. The second-order valence-corrected chi connectivity index (χ2v) is 7.54. The fourth-order valence-electron chi connectivity index (χ4n) is 3.45. The van der Waals surface area contributed by atoms with Gasteiger partial charge in [0.05, 0.1) is 18.4 Å². The summed E-state index contributed by atoms with van der Waals surface area (Å²) in [6, 6.07) is 14.1. The number of carbonyl (C=O) groups is 2. The number of imide groups is 1. The van der Waals surface area contributed by atoms with Gasteiger partial charge in [-0.25, -0.2) is 13.7 Å². The molecule has 5 nitrogen and oxygen atoms in total. The van der Waals surface area contributed by atoms with Gasteiger partial charge in [0.25, 0.3) is 11.8 Å². The fraction of sp³-hybridized carbons (Fsp3) is 0.0833. The monoisotopic (exact) mass is 454 g/mol. The summed E-state index contributed by atoms with van der Waals surface area (Å²) in [6.45, 7) is 1.78. The zero-order valence-corrected chi connectivity index (χ0v) is 17.8. The second kappa shape index (κ2) is 8.43. The van der Waals surface area contributed by atoms with Crippen molar-refractivity contribution in [1.29, 1.82) is 0 Å². The Bertz CT molecular complexity index is 1270. The molecule has 3 aromatic carbocycles. The van der Waals surface area contributed by atoms with Crippen LogP contribution >= 0.6 is 11.6 Å². The third-order valence-corrected chi connectivity index (χ3v) is 5.29. The lowest BCUT2D eigenvalue weighted by Gasteiger charge is -2.16. The summed E-state index contributed by atoms with van der Waals surface area (Å²) in [5, 5.41) is 3.50. The minimum atomic E-state index is -0.897. The highest BCUT2D eigenvalue weighted by molar-refractivity contribution is 6.46. The highest BCUT2D eigenvalue weighted by Gasteiger charge is 2.41. The minimum Gasteiger partial charge on any atom is -0.497 e. The molecular formula is C24H17ClF2N2O3. The van der Waals surface area contributed by atoms with Crippen LogP contribution < -0.4 is 15.0 Å². The van der Waals surface area contributed by atoms with Crippen LogP contribution in [-0.4, -0.2) is 18.9 Å². The lowest BCUT2D eigenvalue weighted by Crippen LogP contribution is -2.33. The molecule has 3 aromatic rings. The quantitative estimate of drug-likeness (QED) is 0.529. The van der Waals surface area contributed by atoms with Gasteiger partial charge in [-0.15, -0.1) is 0 Å². The number of hydrogen-bond acceptors (Lipinski definition) is 4. The molecule has 0 saturated heterocycles. The van der Waals surface area contributed by atoms with Crippen molar-refractivity contribution in [1.82, 2.24) is 0 Å². The summed E-state index contributed by atoms with van der Waals surface area (Å²) in [5.74, 6) is -2.70. The Morgan fingerprint density at radius 1 is 0.938 bits per heavy atom. The van der Waals surface area contributed by atoms with Crippen LogP contribution in [0.2, 0.25) is 5.02 Å². The number of nitrogens with one attached hydrogen (secondary N) is 1. The Morgan fingerprint density at radius 2 is 1.66 bits per heavy atom. The number of amides is 2. The first-order valence-electron chi connectivity index (χ1n) is 9.56. The van der Waals surface area contributed by atoms with Gasteiger partial charge < -0.3 is 10.1 Å². The summed E-state index contributed by atoms with van der Waals surface area (Å²) in [6.07, 6.45) is 0. The number of halogens is 3. The number of hydrogen-bond donors (Lipinski definition) is 1. The predicted molar refractivity (Wildman–Crippen MR) is 119 cm³/mol. The zero-order valence-electron chi connectivity index (χ0n) is 17.1. The molecule has 0 saturated carbocycles. The highest BCUT2D eigenvalue weighted by atomic mass is 35.5. The average molecular weight is 455 g/mol. The first-order valence-corrected chi connectivity index (χ1v) is 9.93. The first kappa shape index (κ1) is 21.5. The summed E-state index contributed by atoms with van der Waals surface area (Å²) in [7, 11) is 1.50. The Kier molecular flexibility index (Phi) is 5.67. The number of anilines is 2. The largest absolute Gasteiger partial charge is 0.497 e. The molecule has 0 aliphatic carbocycles. The SMILES string of the molecule is COc1ccc(C2=C(Nc3ccc(Cl)cc3C)C(=O)N(c3cc(F)ccc3F)C2=O)cc1. The van der Waals surface area contributed by atoms with Crippen LogP contribution in [0.4, 0.5) is 20.2 Å². The molecule has 8 heteroatoms. The van der Waals surface area contributed by atoms with Crippen LogP contribution in [0.3, 0.4) is 0 Å². The van der Waals surface area contributed by atoms with E-state index >= 15 is 0 Å². The molecule has 0 aromatic heterocycles. The molecule has 1 N–H and O–H groups in total. The molecule has 0 bridgehead atoms. The fourth-order valence-corrected chi connectivity index (χ4v) is 3.68. The Hall–Kier alpha value is -3.71. The molecule has 1 heterocycles. The van der Waals surface area contributed by atoms with Crippen LogP contribution in [0.5, 0.6) is 5.75 Å². The van der Waals surface area contributed by atoms with Crippen molar-refractivity contribution in [2.24, 2.45) is 0 Å². The third kappa shape index (κ3) is 3.83. The van der Waals surface area contributed by atoms with E-state index in [-0.39, 0.29) is 11.3 Å². The first-order chi connectivity index (χ1) is 15.3. The van der Waals surface area contributed by atoms with Gasteiger partial charge in [0.1, 0.15) is 23.1 Å². The number of rotatable bonds is 5. The van der Waals surface area contributed by atoms with Crippen LogP contribution in [0, 0.1) is 18.6 Å². The molecule has 0 fully saturated rings. The number of benzene rings is 3. The smallest absolute Gasteiger partial charge is 0.282 e. The number of methoxy groups -OCH3 is 1. The van der Waals surface area contributed by atoms with E-state index in [0.29, 0.717) is 26.9 Å². The molecule has 0 radical (unpaired) electrons. The number of aryl methyl sites for hydroxylation is 1. The number of nitrogens with zero attached hydrogens (tertiary/aromatic N) is 1. The number of carbonyl (C=O) groups excluding carboxylic acids is 2. The van der Waals surface area contributed by atoms with E-state index in [4.69, 9.17) is 16.3 Å². The van der Waals surface area contributed by atoms with Gasteiger partial charge in [-0.2, -0.15) is 0 Å². The number of ether oxygens (including phenoxy) is 1. The van der Waals surface area contributed by atoms with E-state index in [9.17, 15) is 18.4 Å². The van der Waals surface area contributed by atoms with Gasteiger partial charge in [-0.05, 0) is 60.5 Å². The molecule has 162 valence electrons. The van der Waals surface area contributed by atoms with E-state index < -0.39 is 29.1 Å². The Labute approximate surface area is 187 Å². The molecule has 0 unspecified atom stereocenters. The maximum atomic E-state index is 14.5. The topological polar surface area (TPSA) is 58.6 Å². The standard InChI is InChI=1S/C24H17ClF2N2O3/c1-13-11-15(25)5-10-19(13)28-22-21(14-3-7-17(32-2)8-4-14)23(30)29(24(22)31)20-12-16(26)6-9-18(20)27/h3-12,28H,1-2H3. The predicted octanol–water partition coefficient (Wildman–Crippen LogP) is 5.33. The van der Waals surface area contributed by atoms with Gasteiger partial charge in [0.15, 0.2) is 0 Å². The minimum absolute atomic E-state index is 0.0238. The van der Waals surface area contributed by atoms with Crippen molar-refractivity contribution in [2.75, 3.05) is 17.3 Å². The van der Waals surface area contributed by atoms with Crippen LogP contribution in [0.1, 0.15) is 11.1 Å². The molecule has 1 aliphatic rings. The van der Waals surface area contributed by atoms with E-state index in [0.717, 1.165) is 23.8 Å². The van der Waals surface area contributed by atoms with Crippen molar-refractivity contribution in [3.63, 3.8) is 0 Å². The maximum Gasteiger partial charge on any atom is 0.282 e. The average Bonchev–Trinajstić information content (AvgIpc) is 3.01. The third-order valence-electron chi connectivity index (χ3n) is 5.06. The lowest BCUT2D eigenvalue weighted by atomic mass is 10.0. The van der Waals surface area contributed by atoms with Crippen molar-refractivity contribution >= 4 is 40.4 Å². The molecule has 0 spiro atoms. The van der Waals surface area contributed by atoms with E-state index in [1.807, 2.05) is 0 Å². The molecule has 2 amide bonds. The van der Waals surface area contributed by atoms with Crippen LogP contribution in [0.25, 0.3) is 5.57 Å². The van der Waals surface area contributed by atoms with Crippen molar-refractivity contribution in [3.8, 4) is 5.75 Å². The van der Waals surface area contributed by atoms with Crippen molar-refractivity contribution in [3.05, 3.63) is 94.1 Å². The lowest BCUT2D eigenvalue weighted by molar-refractivity contribution is -0.120. The van der Waals surface area contributed by atoms with Gasteiger partial charge in [0, 0.05) is 16.8 Å². The van der Waals surface area contributed by atoms with Gasteiger partial charge >= 0.3 is 0 Å². The second-order valence-electron chi connectivity index (χ2n) is 7.10. The highest BCUT2D eigenvalue weighted by Crippen LogP contribution is 2.36. The molecular weight excluding hydrogens is 438 g/mol. The zero-order chi connectivity index (χ0) is 23.0. The van der Waals surface area contributed by atoms with Gasteiger partial charge in [-0.3, -0.25) is 9.59 Å². The summed E-state index contributed by atoms with van der Waals surface area (Å²) < 4.78 is 33.4. The normalized spacial score (nSPS) is 13.7. The summed E-state index contributed by atoms with van der Waals surface area (Å²) >= 11 is 6.02. The van der Waals surface area contributed by atoms with Crippen LogP contribution in [0.15, 0.2) is 66.4 Å². The van der Waals surface area contributed by atoms with Gasteiger partial charge in [-0.1, -0.05) is 23.7 Å². The molecule has 0 atom stereocenters. The van der Waals surface area contributed by atoms with Crippen LogP contribution in [-0.2, 0) is 9.59 Å². The van der Waals surface area contributed by atoms with Gasteiger partial charge in [0.2, 0.25) is 0 Å². The van der Waals surface area contributed by atoms with E-state index in [1.165, 1.54) is 7.11 Å². The van der Waals surface area contributed by atoms with E-state index in [2.05, 4.69) is 5.32 Å². The Balaban J connectivity index is 1.86. The molecule has 1 aliphatic heterocycles. The molecule has 4 rings (SSSR count). The summed E-state index contributed by atoms with van der Waals surface area (Å²) in [5.41, 5.74) is 1.19. The van der Waals surface area contributed by atoms with Crippen molar-refractivity contribution in [2.45, 2.75) is 6.92 Å². The van der Waals surface area contributed by atoms with E-state index in [1.54, 1.807) is 49.4 Å². The summed E-state index contributed by atoms with van der Waals surface area (Å²) in [4.78, 5) is 27.3. The van der Waals surface area contributed by atoms with Crippen molar-refractivity contribution < 1.29 is 23.1 Å². The maximum absolute atomic E-state index is 14.5.